The molecule has 78 valence electrons. The van der Waals surface area contributed by atoms with E-state index in [1.165, 1.54) is 7.11 Å². The van der Waals surface area contributed by atoms with Gasteiger partial charge < -0.3 is 4.74 Å². The number of halogens is 1. The highest BCUT2D eigenvalue weighted by Crippen LogP contribution is 2.23. The number of ketones is 1. The summed E-state index contributed by atoms with van der Waals surface area (Å²) >= 11 is 3.08. The van der Waals surface area contributed by atoms with Gasteiger partial charge in [-0.15, -0.1) is 0 Å². The Bertz CT molecular complexity index is 435. The molecule has 15 heavy (non-hydrogen) atoms. The van der Waals surface area contributed by atoms with Crippen LogP contribution in [0.2, 0.25) is 0 Å². The third-order valence-corrected chi connectivity index (χ3v) is 2.59. The van der Waals surface area contributed by atoms with Crippen molar-refractivity contribution in [3.63, 3.8) is 0 Å². The van der Waals surface area contributed by atoms with Gasteiger partial charge in [-0.2, -0.15) is 5.26 Å². The molecule has 1 aromatic rings. The van der Waals surface area contributed by atoms with Gasteiger partial charge in [0.2, 0.25) is 0 Å². The molecule has 0 radical (unpaired) electrons. The number of nitriles is 1. The normalized spacial score (nSPS) is 9.47. The van der Waals surface area contributed by atoms with E-state index in [-0.39, 0.29) is 11.1 Å². The monoisotopic (exact) mass is 267 g/mol. The lowest BCUT2D eigenvalue weighted by molar-refractivity contribution is 0.102. The van der Waals surface area contributed by atoms with Crippen molar-refractivity contribution >= 4 is 21.7 Å². The van der Waals surface area contributed by atoms with Gasteiger partial charge in [-0.3, -0.25) is 4.79 Å². The van der Waals surface area contributed by atoms with E-state index in [2.05, 4.69) is 15.9 Å². The molecule has 0 amide bonds. The number of benzene rings is 1. The van der Waals surface area contributed by atoms with Crippen molar-refractivity contribution in [2.45, 2.75) is 6.92 Å². The highest BCUT2D eigenvalue weighted by atomic mass is 79.9. The number of nitrogens with zero attached hydrogens (tertiary/aromatic N) is 1. The van der Waals surface area contributed by atoms with E-state index in [1.807, 2.05) is 13.0 Å². The summed E-state index contributed by atoms with van der Waals surface area (Å²) in [7, 11) is 1.54. The predicted octanol–water partition coefficient (Wildman–Crippen LogP) is 2.45. The first-order chi connectivity index (χ1) is 7.13. The summed E-state index contributed by atoms with van der Waals surface area (Å²) < 4.78 is 5.08. The van der Waals surface area contributed by atoms with Gasteiger partial charge >= 0.3 is 0 Å². The Morgan fingerprint density at radius 2 is 2.27 bits per heavy atom. The molecule has 0 saturated heterocycles. The molecule has 0 fully saturated rings. The summed E-state index contributed by atoms with van der Waals surface area (Å²) in [6.07, 6.45) is 0. The summed E-state index contributed by atoms with van der Waals surface area (Å²) in [6, 6.07) is 5.26. The summed E-state index contributed by atoms with van der Waals surface area (Å²) in [4.78, 5) is 11.5. The van der Waals surface area contributed by atoms with Crippen LogP contribution in [0.15, 0.2) is 12.1 Å². The van der Waals surface area contributed by atoms with E-state index in [0.29, 0.717) is 16.9 Å². The number of aryl methyl sites for hydroxylation is 1. The van der Waals surface area contributed by atoms with Crippen LogP contribution in [-0.2, 0) is 0 Å². The zero-order valence-electron chi connectivity index (χ0n) is 8.50. The molecular formula is C11H10BrNO2. The standard InChI is InChI=1S/C11H10BrNO2/c1-7-3-9(10(14)5-12)8(6-13)4-11(7)15-2/h3-4H,5H2,1-2H3. The van der Waals surface area contributed by atoms with Crippen LogP contribution in [0, 0.1) is 18.3 Å². The molecule has 0 atom stereocenters. The largest absolute Gasteiger partial charge is 0.496 e. The number of alkyl halides is 1. The van der Waals surface area contributed by atoms with Crippen molar-refractivity contribution < 1.29 is 9.53 Å². The second kappa shape index (κ2) is 4.94. The highest BCUT2D eigenvalue weighted by Gasteiger charge is 2.13. The van der Waals surface area contributed by atoms with Gasteiger partial charge in [0.25, 0.3) is 0 Å². The molecule has 0 aliphatic heterocycles. The Kier molecular flexibility index (Phi) is 3.87. The van der Waals surface area contributed by atoms with Gasteiger partial charge in [0.1, 0.15) is 11.8 Å². The molecule has 1 rings (SSSR count). The number of hydrogen-bond donors (Lipinski definition) is 0. The first-order valence-electron chi connectivity index (χ1n) is 4.32. The Balaban J connectivity index is 3.35. The van der Waals surface area contributed by atoms with Gasteiger partial charge in [0.05, 0.1) is 18.0 Å². The Morgan fingerprint density at radius 1 is 1.60 bits per heavy atom. The Morgan fingerprint density at radius 3 is 2.73 bits per heavy atom. The second-order valence-electron chi connectivity index (χ2n) is 3.04. The maximum Gasteiger partial charge on any atom is 0.174 e. The minimum atomic E-state index is -0.0997. The topological polar surface area (TPSA) is 50.1 Å². The van der Waals surface area contributed by atoms with E-state index in [0.717, 1.165) is 5.56 Å². The van der Waals surface area contributed by atoms with Crippen LogP contribution in [0.4, 0.5) is 0 Å². The first-order valence-corrected chi connectivity index (χ1v) is 5.44. The van der Waals surface area contributed by atoms with Crippen molar-refractivity contribution in [3.8, 4) is 11.8 Å². The molecule has 0 saturated carbocycles. The average molecular weight is 268 g/mol. The van der Waals surface area contributed by atoms with Crippen molar-refractivity contribution in [1.29, 1.82) is 5.26 Å². The maximum atomic E-state index is 11.5. The number of rotatable bonds is 3. The van der Waals surface area contributed by atoms with E-state index in [9.17, 15) is 4.79 Å². The van der Waals surface area contributed by atoms with Gasteiger partial charge in [-0.05, 0) is 24.6 Å². The summed E-state index contributed by atoms with van der Waals surface area (Å²) in [5, 5.41) is 9.12. The van der Waals surface area contributed by atoms with Crippen molar-refractivity contribution in [1.82, 2.24) is 0 Å². The first kappa shape index (κ1) is 11.7. The van der Waals surface area contributed by atoms with Crippen LogP contribution in [0.3, 0.4) is 0 Å². The predicted molar refractivity (Wildman–Crippen MR) is 60.6 cm³/mol. The van der Waals surface area contributed by atoms with Gasteiger partial charge in [-0.1, -0.05) is 15.9 Å². The fourth-order valence-corrected chi connectivity index (χ4v) is 1.61. The van der Waals surface area contributed by atoms with Gasteiger partial charge in [0, 0.05) is 5.56 Å². The number of ether oxygens (including phenoxy) is 1. The fraction of sp³-hybridized carbons (Fsp3) is 0.273. The number of hydrogen-bond acceptors (Lipinski definition) is 3. The lowest BCUT2D eigenvalue weighted by Gasteiger charge is -2.08. The van der Waals surface area contributed by atoms with Crippen LogP contribution >= 0.6 is 15.9 Å². The lowest BCUT2D eigenvalue weighted by Crippen LogP contribution is -2.04. The SMILES string of the molecule is COc1cc(C#N)c(C(=O)CBr)cc1C. The minimum Gasteiger partial charge on any atom is -0.496 e. The van der Waals surface area contributed by atoms with E-state index < -0.39 is 0 Å². The van der Waals surface area contributed by atoms with E-state index in [4.69, 9.17) is 10.00 Å². The Labute approximate surface area is 96.8 Å². The third-order valence-electron chi connectivity index (χ3n) is 2.08. The molecule has 0 aromatic heterocycles. The number of carbonyl (C=O) groups is 1. The zero-order valence-corrected chi connectivity index (χ0v) is 10.1. The quantitative estimate of drug-likeness (QED) is 0.625. The van der Waals surface area contributed by atoms with Crippen molar-refractivity contribution in [2.75, 3.05) is 12.4 Å². The zero-order chi connectivity index (χ0) is 11.4. The number of methoxy groups -OCH3 is 1. The molecule has 0 N–H and O–H groups in total. The van der Waals surface area contributed by atoms with Crippen LogP contribution in [0.1, 0.15) is 21.5 Å². The number of carbonyl (C=O) groups excluding carboxylic acids is 1. The molecule has 0 heterocycles. The van der Waals surface area contributed by atoms with E-state index in [1.54, 1.807) is 12.1 Å². The van der Waals surface area contributed by atoms with Crippen LogP contribution in [0.25, 0.3) is 0 Å². The van der Waals surface area contributed by atoms with Gasteiger partial charge in [-0.25, -0.2) is 0 Å². The van der Waals surface area contributed by atoms with Crippen LogP contribution < -0.4 is 4.74 Å². The fourth-order valence-electron chi connectivity index (χ4n) is 1.30. The molecule has 1 aromatic carbocycles. The molecule has 4 heteroatoms. The summed E-state index contributed by atoms with van der Waals surface area (Å²) in [6.45, 7) is 1.84. The smallest absolute Gasteiger partial charge is 0.174 e. The van der Waals surface area contributed by atoms with Crippen LogP contribution in [0.5, 0.6) is 5.75 Å². The van der Waals surface area contributed by atoms with E-state index >= 15 is 0 Å². The molecular weight excluding hydrogens is 258 g/mol. The van der Waals surface area contributed by atoms with Gasteiger partial charge in [0.15, 0.2) is 5.78 Å². The third kappa shape index (κ3) is 2.37. The Hall–Kier alpha value is -1.34. The highest BCUT2D eigenvalue weighted by molar-refractivity contribution is 9.09. The molecule has 0 unspecified atom stereocenters. The molecule has 0 aliphatic carbocycles. The second-order valence-corrected chi connectivity index (χ2v) is 3.60. The molecule has 0 bridgehead atoms. The maximum absolute atomic E-state index is 11.5. The summed E-state index contributed by atoms with van der Waals surface area (Å²) in [5.41, 5.74) is 1.63. The average Bonchev–Trinajstić information content (AvgIpc) is 2.27. The van der Waals surface area contributed by atoms with Crippen LogP contribution in [-0.4, -0.2) is 18.2 Å². The van der Waals surface area contributed by atoms with Crippen molar-refractivity contribution in [2.24, 2.45) is 0 Å². The molecule has 0 spiro atoms. The molecule has 3 nitrogen and oxygen atoms in total. The minimum absolute atomic E-state index is 0.0997. The number of Topliss-reactive ketones (excluding diaryl/α,β-unsaturated/α-hetero) is 1. The lowest BCUT2D eigenvalue weighted by atomic mass is 10.0. The molecule has 0 aliphatic rings. The summed E-state index contributed by atoms with van der Waals surface area (Å²) in [5.74, 6) is 0.523. The van der Waals surface area contributed by atoms with Crippen molar-refractivity contribution in [3.05, 3.63) is 28.8 Å².